The Morgan fingerprint density at radius 1 is 1.29 bits per heavy atom. The number of halogens is 1. The molecule has 2 aliphatic heterocycles. The average molecular weight is 234 g/mol. The van der Waals surface area contributed by atoms with Gasteiger partial charge in [-0.3, -0.25) is 0 Å². The van der Waals surface area contributed by atoms with Gasteiger partial charge in [-0.15, -0.1) is 0 Å². The molecule has 1 fully saturated rings. The van der Waals surface area contributed by atoms with Crippen LogP contribution in [0.2, 0.25) is 0 Å². The Balaban J connectivity index is 1.89. The van der Waals surface area contributed by atoms with E-state index in [1.165, 1.54) is 18.4 Å². The van der Waals surface area contributed by atoms with E-state index in [2.05, 4.69) is 17.3 Å². The average Bonchev–Trinajstić information content (AvgIpc) is 2.68. The van der Waals surface area contributed by atoms with Crippen LogP contribution in [0.1, 0.15) is 24.3 Å². The van der Waals surface area contributed by atoms with Crippen LogP contribution in [0, 0.1) is 11.7 Å². The van der Waals surface area contributed by atoms with Gasteiger partial charge in [-0.05, 0) is 49.5 Å². The van der Waals surface area contributed by atoms with E-state index in [1.54, 1.807) is 12.1 Å². The molecule has 0 spiro atoms. The van der Waals surface area contributed by atoms with Crippen molar-refractivity contribution in [2.75, 3.05) is 31.6 Å². The number of hydrogen-bond donors (Lipinski definition) is 1. The van der Waals surface area contributed by atoms with E-state index in [-0.39, 0.29) is 5.82 Å². The molecule has 0 amide bonds. The molecule has 1 aromatic carbocycles. The van der Waals surface area contributed by atoms with Gasteiger partial charge in [0.25, 0.3) is 0 Å². The highest BCUT2D eigenvalue weighted by Gasteiger charge is 2.33. The zero-order valence-corrected chi connectivity index (χ0v) is 10.2. The van der Waals surface area contributed by atoms with E-state index in [4.69, 9.17) is 0 Å². The summed E-state index contributed by atoms with van der Waals surface area (Å²) < 4.78 is 13.3. The molecule has 1 saturated heterocycles. The van der Waals surface area contributed by atoms with Gasteiger partial charge in [0.15, 0.2) is 0 Å². The first-order valence-electron chi connectivity index (χ1n) is 6.47. The SMILES string of the molecule is CN1CC(C2CCNCC2)c2ccc(F)cc21. The molecular formula is C14H19FN2. The molecule has 0 radical (unpaired) electrons. The number of rotatable bonds is 1. The van der Waals surface area contributed by atoms with Crippen molar-refractivity contribution in [3.63, 3.8) is 0 Å². The van der Waals surface area contributed by atoms with Crippen LogP contribution in [0.15, 0.2) is 18.2 Å². The van der Waals surface area contributed by atoms with E-state index in [0.29, 0.717) is 5.92 Å². The summed E-state index contributed by atoms with van der Waals surface area (Å²) in [5.74, 6) is 1.23. The van der Waals surface area contributed by atoms with Crippen LogP contribution < -0.4 is 10.2 Å². The van der Waals surface area contributed by atoms with Crippen LogP contribution in [0.5, 0.6) is 0 Å². The first-order chi connectivity index (χ1) is 8.25. The largest absolute Gasteiger partial charge is 0.374 e. The maximum atomic E-state index is 13.3. The topological polar surface area (TPSA) is 15.3 Å². The predicted molar refractivity (Wildman–Crippen MR) is 68.0 cm³/mol. The summed E-state index contributed by atoms with van der Waals surface area (Å²) in [6.45, 7) is 3.30. The quantitative estimate of drug-likeness (QED) is 0.802. The second kappa shape index (κ2) is 4.30. The molecule has 1 unspecified atom stereocenters. The molecule has 2 aliphatic rings. The molecule has 92 valence electrons. The third-order valence-electron chi connectivity index (χ3n) is 4.23. The number of nitrogens with one attached hydrogen (secondary N) is 1. The van der Waals surface area contributed by atoms with E-state index in [9.17, 15) is 4.39 Å². The smallest absolute Gasteiger partial charge is 0.125 e. The molecule has 1 aromatic rings. The van der Waals surface area contributed by atoms with Crippen molar-refractivity contribution in [1.82, 2.24) is 5.32 Å². The highest BCUT2D eigenvalue weighted by atomic mass is 19.1. The molecule has 1 atom stereocenters. The molecule has 3 heteroatoms. The summed E-state index contributed by atoms with van der Waals surface area (Å²) in [4.78, 5) is 2.20. The van der Waals surface area contributed by atoms with E-state index in [1.807, 2.05) is 6.07 Å². The Labute approximate surface area is 102 Å². The Kier molecular flexibility index (Phi) is 2.79. The fraction of sp³-hybridized carbons (Fsp3) is 0.571. The van der Waals surface area contributed by atoms with Gasteiger partial charge in [-0.1, -0.05) is 6.07 Å². The highest BCUT2D eigenvalue weighted by molar-refractivity contribution is 5.60. The van der Waals surface area contributed by atoms with Crippen LogP contribution >= 0.6 is 0 Å². The van der Waals surface area contributed by atoms with Crippen molar-refractivity contribution in [3.8, 4) is 0 Å². The molecule has 3 rings (SSSR count). The Morgan fingerprint density at radius 3 is 2.82 bits per heavy atom. The van der Waals surface area contributed by atoms with Crippen molar-refractivity contribution < 1.29 is 4.39 Å². The van der Waals surface area contributed by atoms with E-state index in [0.717, 1.165) is 31.2 Å². The normalized spacial score (nSPS) is 25.1. The van der Waals surface area contributed by atoms with Crippen molar-refractivity contribution in [3.05, 3.63) is 29.6 Å². The van der Waals surface area contributed by atoms with Crippen LogP contribution in [0.4, 0.5) is 10.1 Å². The minimum atomic E-state index is -0.124. The Bertz CT molecular complexity index is 413. The first kappa shape index (κ1) is 11.0. The Morgan fingerprint density at radius 2 is 2.06 bits per heavy atom. The van der Waals surface area contributed by atoms with Gasteiger partial charge in [0.05, 0.1) is 0 Å². The molecule has 0 aromatic heterocycles. The van der Waals surface area contributed by atoms with Crippen LogP contribution in [0.25, 0.3) is 0 Å². The summed E-state index contributed by atoms with van der Waals surface area (Å²) >= 11 is 0. The maximum Gasteiger partial charge on any atom is 0.125 e. The number of anilines is 1. The lowest BCUT2D eigenvalue weighted by atomic mass is 9.82. The molecule has 2 nitrogen and oxygen atoms in total. The zero-order chi connectivity index (χ0) is 11.8. The highest BCUT2D eigenvalue weighted by Crippen LogP contribution is 2.42. The van der Waals surface area contributed by atoms with Gasteiger partial charge < -0.3 is 10.2 Å². The second-order valence-electron chi connectivity index (χ2n) is 5.28. The van der Waals surface area contributed by atoms with Gasteiger partial charge in [0.1, 0.15) is 5.82 Å². The molecule has 1 N–H and O–H groups in total. The van der Waals surface area contributed by atoms with Crippen LogP contribution in [0.3, 0.4) is 0 Å². The maximum absolute atomic E-state index is 13.3. The lowest BCUT2D eigenvalue weighted by molar-refractivity contribution is 0.327. The first-order valence-corrected chi connectivity index (χ1v) is 6.47. The van der Waals surface area contributed by atoms with Crippen molar-refractivity contribution >= 4 is 5.69 Å². The zero-order valence-electron chi connectivity index (χ0n) is 10.2. The summed E-state index contributed by atoms with van der Waals surface area (Å²) in [6.07, 6.45) is 2.49. The minimum absolute atomic E-state index is 0.124. The van der Waals surface area contributed by atoms with Gasteiger partial charge in [0, 0.05) is 25.2 Å². The summed E-state index contributed by atoms with van der Waals surface area (Å²) in [6, 6.07) is 5.27. The fourth-order valence-electron chi connectivity index (χ4n) is 3.30. The fourth-order valence-corrected chi connectivity index (χ4v) is 3.30. The van der Waals surface area contributed by atoms with Crippen molar-refractivity contribution in [2.24, 2.45) is 5.92 Å². The standard InChI is InChI=1S/C14H19FN2/c1-17-9-13(10-4-6-16-7-5-10)12-3-2-11(15)8-14(12)17/h2-3,8,10,13,16H,4-7,9H2,1H3. The number of piperidine rings is 1. The van der Waals surface area contributed by atoms with Gasteiger partial charge in [-0.25, -0.2) is 4.39 Å². The second-order valence-corrected chi connectivity index (χ2v) is 5.28. The van der Waals surface area contributed by atoms with Crippen LogP contribution in [-0.4, -0.2) is 26.7 Å². The minimum Gasteiger partial charge on any atom is -0.374 e. The van der Waals surface area contributed by atoms with E-state index < -0.39 is 0 Å². The molecule has 0 saturated carbocycles. The number of nitrogens with zero attached hydrogens (tertiary/aromatic N) is 1. The number of hydrogen-bond acceptors (Lipinski definition) is 2. The van der Waals surface area contributed by atoms with Gasteiger partial charge >= 0.3 is 0 Å². The van der Waals surface area contributed by atoms with Crippen LogP contribution in [-0.2, 0) is 0 Å². The number of benzene rings is 1. The predicted octanol–water partition coefficient (Wildman–Crippen LogP) is 2.36. The molecule has 2 heterocycles. The van der Waals surface area contributed by atoms with Crippen molar-refractivity contribution in [1.29, 1.82) is 0 Å². The molecular weight excluding hydrogens is 215 g/mol. The molecule has 0 aliphatic carbocycles. The Hall–Kier alpha value is -1.09. The summed E-state index contributed by atoms with van der Waals surface area (Å²) in [5, 5.41) is 3.41. The summed E-state index contributed by atoms with van der Waals surface area (Å²) in [5.41, 5.74) is 2.44. The number of likely N-dealkylation sites (N-methyl/N-ethyl adjacent to an activating group) is 1. The molecule has 17 heavy (non-hydrogen) atoms. The number of fused-ring (bicyclic) bond motifs is 1. The van der Waals surface area contributed by atoms with E-state index >= 15 is 0 Å². The monoisotopic (exact) mass is 234 g/mol. The lowest BCUT2D eigenvalue weighted by Crippen LogP contribution is -2.32. The van der Waals surface area contributed by atoms with Gasteiger partial charge in [-0.2, -0.15) is 0 Å². The lowest BCUT2D eigenvalue weighted by Gasteiger charge is -2.28. The summed E-state index contributed by atoms with van der Waals surface area (Å²) in [7, 11) is 2.07. The molecule has 0 bridgehead atoms. The van der Waals surface area contributed by atoms with Gasteiger partial charge in [0.2, 0.25) is 0 Å². The third kappa shape index (κ3) is 1.93. The van der Waals surface area contributed by atoms with Crippen molar-refractivity contribution in [2.45, 2.75) is 18.8 Å². The third-order valence-corrected chi connectivity index (χ3v) is 4.23.